The quantitative estimate of drug-likeness (QED) is 0.676. The molecule has 0 fully saturated rings. The SMILES string of the molecule is C=C/C=C(\C=C/N)CNc1ccn2ncc(-c3ccc(F)cc3)c2n1. The molecule has 0 radical (unpaired) electrons. The van der Waals surface area contributed by atoms with Gasteiger partial charge in [0.25, 0.3) is 0 Å². The Labute approximate surface area is 145 Å². The summed E-state index contributed by atoms with van der Waals surface area (Å²) in [6.07, 6.45) is 10.4. The zero-order valence-electron chi connectivity index (χ0n) is 13.6. The Kier molecular flexibility index (Phi) is 4.89. The molecule has 0 amide bonds. The molecule has 126 valence electrons. The molecule has 0 aliphatic carbocycles. The van der Waals surface area contributed by atoms with E-state index in [0.29, 0.717) is 18.0 Å². The third-order valence-electron chi connectivity index (χ3n) is 3.64. The number of nitrogens with two attached hydrogens (primary N) is 1. The van der Waals surface area contributed by atoms with E-state index in [0.717, 1.165) is 16.7 Å². The molecule has 6 heteroatoms. The minimum absolute atomic E-state index is 0.273. The van der Waals surface area contributed by atoms with Gasteiger partial charge in [-0.05, 0) is 41.6 Å². The van der Waals surface area contributed by atoms with Crippen LogP contribution in [-0.2, 0) is 0 Å². The average molecular weight is 335 g/mol. The van der Waals surface area contributed by atoms with E-state index in [1.54, 1.807) is 35.0 Å². The number of anilines is 1. The number of fused-ring (bicyclic) bond motifs is 1. The van der Waals surface area contributed by atoms with Crippen LogP contribution >= 0.6 is 0 Å². The summed E-state index contributed by atoms with van der Waals surface area (Å²) < 4.78 is 14.8. The monoisotopic (exact) mass is 335 g/mol. The molecule has 3 rings (SSSR count). The lowest BCUT2D eigenvalue weighted by molar-refractivity contribution is 0.628. The van der Waals surface area contributed by atoms with Crippen molar-refractivity contribution in [3.8, 4) is 11.1 Å². The van der Waals surface area contributed by atoms with E-state index in [9.17, 15) is 4.39 Å². The maximum Gasteiger partial charge on any atom is 0.165 e. The smallest absolute Gasteiger partial charge is 0.165 e. The summed E-state index contributed by atoms with van der Waals surface area (Å²) >= 11 is 0. The van der Waals surface area contributed by atoms with Gasteiger partial charge in [0.05, 0.1) is 6.20 Å². The van der Waals surface area contributed by atoms with Gasteiger partial charge in [-0.1, -0.05) is 30.9 Å². The second-order valence-electron chi connectivity index (χ2n) is 5.34. The molecule has 0 aliphatic heterocycles. The van der Waals surface area contributed by atoms with Gasteiger partial charge in [-0.2, -0.15) is 5.10 Å². The number of benzene rings is 1. The first kappa shape index (κ1) is 16.4. The number of hydrogen-bond donors (Lipinski definition) is 2. The van der Waals surface area contributed by atoms with E-state index in [4.69, 9.17) is 5.73 Å². The van der Waals surface area contributed by atoms with Gasteiger partial charge in [0.1, 0.15) is 11.6 Å². The van der Waals surface area contributed by atoms with Crippen LogP contribution in [0.25, 0.3) is 16.8 Å². The van der Waals surface area contributed by atoms with Gasteiger partial charge < -0.3 is 11.1 Å². The van der Waals surface area contributed by atoms with Crippen molar-refractivity contribution in [3.63, 3.8) is 0 Å². The van der Waals surface area contributed by atoms with E-state index < -0.39 is 0 Å². The third kappa shape index (κ3) is 3.74. The van der Waals surface area contributed by atoms with E-state index >= 15 is 0 Å². The summed E-state index contributed by atoms with van der Waals surface area (Å²) in [6.45, 7) is 4.25. The number of rotatable bonds is 6. The van der Waals surface area contributed by atoms with E-state index in [1.165, 1.54) is 18.3 Å². The molecule has 2 aromatic heterocycles. The highest BCUT2D eigenvalue weighted by atomic mass is 19.1. The minimum atomic E-state index is -0.273. The highest BCUT2D eigenvalue weighted by Crippen LogP contribution is 2.24. The molecular formula is C19H18FN5. The molecule has 0 bridgehead atoms. The van der Waals surface area contributed by atoms with Crippen molar-refractivity contribution in [2.24, 2.45) is 5.73 Å². The van der Waals surface area contributed by atoms with Crippen LogP contribution in [0.3, 0.4) is 0 Å². The number of halogens is 1. The molecule has 25 heavy (non-hydrogen) atoms. The summed E-state index contributed by atoms with van der Waals surface area (Å²) in [5.74, 6) is 0.432. The fourth-order valence-corrected chi connectivity index (χ4v) is 2.44. The lowest BCUT2D eigenvalue weighted by Crippen LogP contribution is -2.06. The highest BCUT2D eigenvalue weighted by molar-refractivity contribution is 5.77. The summed E-state index contributed by atoms with van der Waals surface area (Å²) in [7, 11) is 0. The molecule has 1 aromatic carbocycles. The van der Waals surface area contributed by atoms with Gasteiger partial charge >= 0.3 is 0 Å². The molecule has 0 atom stereocenters. The van der Waals surface area contributed by atoms with E-state index in [-0.39, 0.29) is 5.82 Å². The zero-order valence-corrected chi connectivity index (χ0v) is 13.6. The van der Waals surface area contributed by atoms with Crippen molar-refractivity contribution in [1.29, 1.82) is 0 Å². The van der Waals surface area contributed by atoms with E-state index in [2.05, 4.69) is 22.0 Å². The highest BCUT2D eigenvalue weighted by Gasteiger charge is 2.09. The van der Waals surface area contributed by atoms with Crippen LogP contribution in [0.1, 0.15) is 0 Å². The van der Waals surface area contributed by atoms with Crippen LogP contribution in [0.15, 0.2) is 79.3 Å². The standard InChI is InChI=1S/C19H18FN5/c1-2-3-14(8-10-21)12-22-18-9-11-25-19(24-18)17(13-23-25)15-4-6-16(20)7-5-15/h2-11,13H,1,12,21H2,(H,22,24)/b10-8-,14-3+. The third-order valence-corrected chi connectivity index (χ3v) is 3.64. The van der Waals surface area contributed by atoms with Crippen molar-refractivity contribution in [1.82, 2.24) is 14.6 Å². The first-order chi connectivity index (χ1) is 12.2. The lowest BCUT2D eigenvalue weighted by atomic mass is 10.1. The van der Waals surface area contributed by atoms with E-state index in [1.807, 2.05) is 18.3 Å². The molecule has 3 N–H and O–H groups in total. The van der Waals surface area contributed by atoms with Crippen LogP contribution < -0.4 is 11.1 Å². The predicted octanol–water partition coefficient (Wildman–Crippen LogP) is 3.53. The second kappa shape index (κ2) is 7.44. The number of nitrogens with zero attached hydrogens (tertiary/aromatic N) is 3. The summed E-state index contributed by atoms with van der Waals surface area (Å²) in [6, 6.07) is 8.11. The molecular weight excluding hydrogens is 317 g/mol. The zero-order chi connectivity index (χ0) is 17.6. The first-order valence-corrected chi connectivity index (χ1v) is 7.75. The molecule has 0 saturated carbocycles. The largest absolute Gasteiger partial charge is 0.405 e. The first-order valence-electron chi connectivity index (χ1n) is 7.75. The fraction of sp³-hybridized carbons (Fsp3) is 0.0526. The maximum absolute atomic E-state index is 13.1. The Hall–Kier alpha value is -3.41. The van der Waals surface area contributed by atoms with Crippen molar-refractivity contribution >= 4 is 11.5 Å². The maximum atomic E-state index is 13.1. The fourth-order valence-electron chi connectivity index (χ4n) is 2.44. The predicted molar refractivity (Wildman–Crippen MR) is 98.5 cm³/mol. The van der Waals surface area contributed by atoms with Gasteiger partial charge in [-0.15, -0.1) is 0 Å². The summed E-state index contributed by atoms with van der Waals surface area (Å²) in [5.41, 5.74) is 8.82. The molecule has 0 unspecified atom stereocenters. The van der Waals surface area contributed by atoms with Crippen LogP contribution in [0, 0.1) is 5.82 Å². The number of hydrogen-bond acceptors (Lipinski definition) is 4. The van der Waals surface area contributed by atoms with Crippen LogP contribution in [-0.4, -0.2) is 21.1 Å². The van der Waals surface area contributed by atoms with Crippen LogP contribution in [0.5, 0.6) is 0 Å². The van der Waals surface area contributed by atoms with Gasteiger partial charge in [-0.3, -0.25) is 0 Å². The Morgan fingerprint density at radius 2 is 2.08 bits per heavy atom. The summed E-state index contributed by atoms with van der Waals surface area (Å²) in [4.78, 5) is 4.61. The molecule has 3 aromatic rings. The molecule has 2 heterocycles. The van der Waals surface area contributed by atoms with Gasteiger partial charge in [-0.25, -0.2) is 13.9 Å². The Morgan fingerprint density at radius 3 is 2.80 bits per heavy atom. The van der Waals surface area contributed by atoms with Crippen LogP contribution in [0.4, 0.5) is 10.2 Å². The number of nitrogens with one attached hydrogen (secondary N) is 1. The van der Waals surface area contributed by atoms with Gasteiger partial charge in [0.15, 0.2) is 5.65 Å². The topological polar surface area (TPSA) is 68.2 Å². The Morgan fingerprint density at radius 1 is 1.28 bits per heavy atom. The van der Waals surface area contributed by atoms with Crippen molar-refractivity contribution in [2.45, 2.75) is 0 Å². The van der Waals surface area contributed by atoms with Crippen molar-refractivity contribution in [3.05, 3.63) is 85.1 Å². The normalized spacial score (nSPS) is 12.0. The Bertz CT molecular complexity index is 938. The lowest BCUT2D eigenvalue weighted by Gasteiger charge is -2.07. The van der Waals surface area contributed by atoms with Gasteiger partial charge in [0, 0.05) is 18.3 Å². The minimum Gasteiger partial charge on any atom is -0.405 e. The molecule has 5 nitrogen and oxygen atoms in total. The van der Waals surface area contributed by atoms with Gasteiger partial charge in [0.2, 0.25) is 0 Å². The second-order valence-corrected chi connectivity index (χ2v) is 5.34. The number of aromatic nitrogens is 3. The van der Waals surface area contributed by atoms with Crippen molar-refractivity contribution in [2.75, 3.05) is 11.9 Å². The van der Waals surface area contributed by atoms with Crippen molar-refractivity contribution < 1.29 is 4.39 Å². The number of allylic oxidation sites excluding steroid dienone is 2. The molecule has 0 saturated heterocycles. The Balaban J connectivity index is 1.89. The average Bonchev–Trinajstić information content (AvgIpc) is 3.04. The summed E-state index contributed by atoms with van der Waals surface area (Å²) in [5, 5.41) is 7.54. The van der Waals surface area contributed by atoms with Crippen LogP contribution in [0.2, 0.25) is 0 Å². The molecule has 0 aliphatic rings. The molecule has 0 spiro atoms.